The van der Waals surface area contributed by atoms with Gasteiger partial charge in [0.25, 0.3) is 0 Å². The zero-order valence-corrected chi connectivity index (χ0v) is 14.8. The van der Waals surface area contributed by atoms with Gasteiger partial charge in [-0.25, -0.2) is 13.1 Å². The Morgan fingerprint density at radius 1 is 1.26 bits per heavy atom. The Morgan fingerprint density at radius 3 is 2.48 bits per heavy atom. The molecule has 0 saturated carbocycles. The smallest absolute Gasteiger partial charge is 0.233 e. The van der Waals surface area contributed by atoms with Crippen molar-refractivity contribution in [2.24, 2.45) is 7.05 Å². The maximum absolute atomic E-state index is 12.2. The SMILES string of the molecule is Cc1nn(C)c(C)c1CC(C)NS(=O)(=O)/C=C/c1ccccc1. The van der Waals surface area contributed by atoms with Crippen LogP contribution in [0.2, 0.25) is 0 Å². The van der Waals surface area contributed by atoms with Gasteiger partial charge < -0.3 is 0 Å². The predicted molar refractivity (Wildman–Crippen MR) is 93.4 cm³/mol. The molecule has 2 rings (SSSR count). The normalized spacial score (nSPS) is 13.6. The second-order valence-electron chi connectivity index (χ2n) is 5.75. The number of nitrogens with one attached hydrogen (secondary N) is 1. The molecule has 2 aromatic rings. The molecule has 1 aromatic heterocycles. The molecule has 0 saturated heterocycles. The van der Waals surface area contributed by atoms with Crippen molar-refractivity contribution in [2.45, 2.75) is 33.2 Å². The molecular weight excluding hydrogens is 310 g/mol. The minimum absolute atomic E-state index is 0.206. The predicted octanol–water partition coefficient (Wildman–Crippen LogP) is 2.56. The van der Waals surface area contributed by atoms with Gasteiger partial charge in [0.1, 0.15) is 0 Å². The van der Waals surface area contributed by atoms with Gasteiger partial charge in [0.2, 0.25) is 10.0 Å². The highest BCUT2D eigenvalue weighted by Gasteiger charge is 2.16. The number of aryl methyl sites for hydroxylation is 2. The molecule has 0 bridgehead atoms. The molecule has 124 valence electrons. The van der Waals surface area contributed by atoms with Gasteiger partial charge in [-0.2, -0.15) is 5.10 Å². The molecule has 5 nitrogen and oxygen atoms in total. The minimum Gasteiger partial charge on any atom is -0.272 e. The van der Waals surface area contributed by atoms with E-state index < -0.39 is 10.0 Å². The van der Waals surface area contributed by atoms with Crippen LogP contribution in [0.15, 0.2) is 35.7 Å². The van der Waals surface area contributed by atoms with E-state index in [0.29, 0.717) is 6.42 Å². The lowest BCUT2D eigenvalue weighted by molar-refractivity contribution is 0.568. The Labute approximate surface area is 138 Å². The molecule has 1 heterocycles. The standard InChI is InChI=1S/C17H23N3O2S/c1-13(12-17-14(2)18-20(4)15(17)3)19-23(21,22)11-10-16-8-6-5-7-9-16/h5-11,13,19H,12H2,1-4H3/b11-10+. The van der Waals surface area contributed by atoms with Crippen molar-refractivity contribution in [1.29, 1.82) is 0 Å². The van der Waals surface area contributed by atoms with Gasteiger partial charge in [-0.15, -0.1) is 0 Å². The molecule has 0 amide bonds. The van der Waals surface area contributed by atoms with Crippen LogP contribution in [0.3, 0.4) is 0 Å². The summed E-state index contributed by atoms with van der Waals surface area (Å²) in [6.07, 6.45) is 2.21. The van der Waals surface area contributed by atoms with E-state index in [0.717, 1.165) is 22.5 Å². The summed E-state index contributed by atoms with van der Waals surface area (Å²) in [7, 11) is -1.58. The van der Waals surface area contributed by atoms with Gasteiger partial charge in [-0.3, -0.25) is 4.68 Å². The largest absolute Gasteiger partial charge is 0.272 e. The summed E-state index contributed by atoms with van der Waals surface area (Å²) in [5.74, 6) is 0. The Hall–Kier alpha value is -1.92. The van der Waals surface area contributed by atoms with Crippen LogP contribution >= 0.6 is 0 Å². The first-order chi connectivity index (χ1) is 10.8. The number of hydrogen-bond acceptors (Lipinski definition) is 3. The molecule has 0 radical (unpaired) electrons. The Balaban J connectivity index is 2.04. The summed E-state index contributed by atoms with van der Waals surface area (Å²) in [6.45, 7) is 5.80. The first-order valence-corrected chi connectivity index (χ1v) is 9.07. The summed E-state index contributed by atoms with van der Waals surface area (Å²) in [4.78, 5) is 0. The monoisotopic (exact) mass is 333 g/mol. The van der Waals surface area contributed by atoms with Gasteiger partial charge in [-0.05, 0) is 44.4 Å². The van der Waals surface area contributed by atoms with Crippen LogP contribution in [0.1, 0.15) is 29.4 Å². The highest BCUT2D eigenvalue weighted by molar-refractivity contribution is 7.92. The van der Waals surface area contributed by atoms with Crippen molar-refractivity contribution in [3.63, 3.8) is 0 Å². The van der Waals surface area contributed by atoms with Crippen LogP contribution < -0.4 is 4.72 Å². The molecule has 1 unspecified atom stereocenters. The molecule has 0 aliphatic carbocycles. The molecule has 0 spiro atoms. The van der Waals surface area contributed by atoms with Crippen molar-refractivity contribution in [3.8, 4) is 0 Å². The topological polar surface area (TPSA) is 64.0 Å². The van der Waals surface area contributed by atoms with Crippen LogP contribution in [0.25, 0.3) is 6.08 Å². The van der Waals surface area contributed by atoms with E-state index in [-0.39, 0.29) is 6.04 Å². The summed E-state index contributed by atoms with van der Waals surface area (Å²) < 4.78 is 28.8. The van der Waals surface area contributed by atoms with Gasteiger partial charge in [0.15, 0.2) is 0 Å². The molecule has 6 heteroatoms. The van der Waals surface area contributed by atoms with Crippen molar-refractivity contribution in [1.82, 2.24) is 14.5 Å². The zero-order chi connectivity index (χ0) is 17.0. The lowest BCUT2D eigenvalue weighted by atomic mass is 10.1. The summed E-state index contributed by atoms with van der Waals surface area (Å²) in [5.41, 5.74) is 3.95. The van der Waals surface area contributed by atoms with E-state index in [9.17, 15) is 8.42 Å². The van der Waals surface area contributed by atoms with Crippen LogP contribution in [0.5, 0.6) is 0 Å². The van der Waals surface area contributed by atoms with Crippen LogP contribution in [0.4, 0.5) is 0 Å². The lowest BCUT2D eigenvalue weighted by Gasteiger charge is -2.12. The van der Waals surface area contributed by atoms with Crippen LogP contribution in [0, 0.1) is 13.8 Å². The van der Waals surface area contributed by atoms with E-state index in [4.69, 9.17) is 0 Å². The summed E-state index contributed by atoms with van der Waals surface area (Å²) in [5, 5.41) is 5.57. The number of sulfonamides is 1. The van der Waals surface area contributed by atoms with E-state index in [1.165, 1.54) is 5.41 Å². The molecule has 0 fully saturated rings. The number of benzene rings is 1. The van der Waals surface area contributed by atoms with Crippen molar-refractivity contribution < 1.29 is 8.42 Å². The van der Waals surface area contributed by atoms with Gasteiger partial charge in [0.05, 0.1) is 5.69 Å². The van der Waals surface area contributed by atoms with E-state index in [2.05, 4.69) is 9.82 Å². The number of hydrogen-bond donors (Lipinski definition) is 1. The van der Waals surface area contributed by atoms with Crippen molar-refractivity contribution in [3.05, 3.63) is 58.3 Å². The first kappa shape index (κ1) is 17.4. The second-order valence-corrected chi connectivity index (χ2v) is 7.35. The maximum Gasteiger partial charge on any atom is 0.233 e. The fourth-order valence-electron chi connectivity index (χ4n) is 2.51. The first-order valence-electron chi connectivity index (χ1n) is 7.53. The fraction of sp³-hybridized carbons (Fsp3) is 0.353. The Kier molecular flexibility index (Phi) is 5.38. The average Bonchev–Trinajstić information content (AvgIpc) is 2.72. The fourth-order valence-corrected chi connectivity index (χ4v) is 3.57. The number of nitrogens with zero attached hydrogens (tertiary/aromatic N) is 2. The van der Waals surface area contributed by atoms with E-state index in [1.54, 1.807) is 6.08 Å². The number of rotatable bonds is 6. The zero-order valence-electron chi connectivity index (χ0n) is 13.9. The Morgan fingerprint density at radius 2 is 1.91 bits per heavy atom. The minimum atomic E-state index is -3.48. The third-order valence-corrected chi connectivity index (χ3v) is 5.00. The maximum atomic E-state index is 12.2. The molecule has 1 aromatic carbocycles. The summed E-state index contributed by atoms with van der Waals surface area (Å²) >= 11 is 0. The molecule has 0 aliphatic heterocycles. The molecule has 0 aliphatic rings. The third kappa shape index (κ3) is 4.77. The van der Waals surface area contributed by atoms with E-state index in [1.807, 2.05) is 62.8 Å². The van der Waals surface area contributed by atoms with Gasteiger partial charge in [-0.1, -0.05) is 30.3 Å². The average molecular weight is 333 g/mol. The molecule has 1 atom stereocenters. The Bertz CT molecular complexity index is 793. The van der Waals surface area contributed by atoms with Gasteiger partial charge >= 0.3 is 0 Å². The lowest BCUT2D eigenvalue weighted by Crippen LogP contribution is -2.32. The van der Waals surface area contributed by atoms with Crippen molar-refractivity contribution in [2.75, 3.05) is 0 Å². The van der Waals surface area contributed by atoms with Gasteiger partial charge in [0, 0.05) is 24.2 Å². The summed E-state index contributed by atoms with van der Waals surface area (Å²) in [6, 6.07) is 9.15. The highest BCUT2D eigenvalue weighted by Crippen LogP contribution is 2.14. The molecule has 1 N–H and O–H groups in total. The quantitative estimate of drug-likeness (QED) is 0.883. The van der Waals surface area contributed by atoms with Crippen molar-refractivity contribution >= 4 is 16.1 Å². The molecular formula is C17H23N3O2S. The van der Waals surface area contributed by atoms with Crippen LogP contribution in [-0.2, 0) is 23.5 Å². The third-order valence-electron chi connectivity index (χ3n) is 3.77. The number of aromatic nitrogens is 2. The van der Waals surface area contributed by atoms with E-state index >= 15 is 0 Å². The second kappa shape index (κ2) is 7.10. The molecule has 23 heavy (non-hydrogen) atoms. The van der Waals surface area contributed by atoms with Crippen LogP contribution in [-0.4, -0.2) is 24.2 Å². The highest BCUT2D eigenvalue weighted by atomic mass is 32.2.